The number of rotatable bonds is 4. The molecule has 0 aromatic heterocycles. The van der Waals surface area contributed by atoms with Crippen LogP contribution in [0.4, 0.5) is 0 Å². The third-order valence-corrected chi connectivity index (χ3v) is 21.3. The van der Waals surface area contributed by atoms with Gasteiger partial charge in [-0.25, -0.2) is 0 Å². The molecule has 0 saturated heterocycles. The van der Waals surface area contributed by atoms with Gasteiger partial charge in [0, 0.05) is 0 Å². The Bertz CT molecular complexity index is 732. The van der Waals surface area contributed by atoms with Crippen LogP contribution in [0.3, 0.4) is 0 Å². The van der Waals surface area contributed by atoms with Crippen molar-refractivity contribution in [3.63, 3.8) is 0 Å². The fourth-order valence-electron chi connectivity index (χ4n) is 3.61. The van der Waals surface area contributed by atoms with Gasteiger partial charge in [-0.1, -0.05) is 0 Å². The Morgan fingerprint density at radius 1 is 0.926 bits per heavy atom. The van der Waals surface area contributed by atoms with Crippen LogP contribution in [0.2, 0.25) is 13.1 Å². The maximum atomic E-state index is 6.89. The van der Waals surface area contributed by atoms with Gasteiger partial charge < -0.3 is 0 Å². The Labute approximate surface area is 188 Å². The maximum Gasteiger partial charge on any atom is -0.147 e. The first-order chi connectivity index (χ1) is 11.4. The maximum absolute atomic E-state index is 6.89. The summed E-state index contributed by atoms with van der Waals surface area (Å²) in [4.78, 5) is 0. The molecule has 0 heterocycles. The smallest absolute Gasteiger partial charge is 0.147 e. The van der Waals surface area contributed by atoms with E-state index in [-0.39, 0.29) is 30.2 Å². The summed E-state index contributed by atoms with van der Waals surface area (Å²) in [7, 11) is 0. The molecule has 1 aromatic carbocycles. The van der Waals surface area contributed by atoms with Crippen LogP contribution in [-0.4, -0.2) is 5.92 Å². The Morgan fingerprint density at radius 3 is 1.89 bits per heavy atom. The van der Waals surface area contributed by atoms with E-state index in [1.165, 1.54) is 16.7 Å². The molecule has 0 fully saturated rings. The van der Waals surface area contributed by atoms with Crippen LogP contribution in [0, 0.1) is 12.8 Å². The summed E-state index contributed by atoms with van der Waals surface area (Å²) >= 11 is -2.09. The fraction of sp³-hybridized carbons (Fsp3) is 0.545. The minimum atomic E-state index is -2.09. The average Bonchev–Trinajstić information content (AvgIpc) is 2.67. The Balaban J connectivity index is 0.00000338. The first-order valence-corrected chi connectivity index (χ1v) is 18.9. The van der Waals surface area contributed by atoms with Crippen molar-refractivity contribution in [3.8, 4) is 5.75 Å². The molecule has 1 aromatic rings. The molecule has 0 bridgehead atoms. The number of aryl methyl sites for hydroxylation is 1. The zero-order chi connectivity index (χ0) is 19.1. The van der Waals surface area contributed by atoms with Crippen LogP contribution in [0.15, 0.2) is 38.2 Å². The Hall–Kier alpha value is 0.180. The molecule has 1 aliphatic carbocycles. The first-order valence-electron chi connectivity index (χ1n) is 9.49. The van der Waals surface area contributed by atoms with E-state index in [1.807, 2.05) is 0 Å². The van der Waals surface area contributed by atoms with Gasteiger partial charge in [0.15, 0.2) is 0 Å². The third kappa shape index (κ3) is 6.08. The van der Waals surface area contributed by atoms with Gasteiger partial charge in [0.2, 0.25) is 0 Å². The van der Waals surface area contributed by atoms with E-state index >= 15 is 0 Å². The number of halogens is 2. The number of benzene rings is 1. The molecule has 1 nitrogen and oxygen atoms in total. The van der Waals surface area contributed by atoms with Gasteiger partial charge >= 0.3 is 165 Å². The van der Waals surface area contributed by atoms with Crippen LogP contribution in [0.1, 0.15) is 59.6 Å². The van der Waals surface area contributed by atoms with Crippen molar-refractivity contribution >= 4 is 30.7 Å². The van der Waals surface area contributed by atoms with Crippen LogP contribution < -0.4 is 2.81 Å². The molecule has 153 valence electrons. The van der Waals surface area contributed by atoms with E-state index in [2.05, 4.69) is 86.7 Å². The quantitative estimate of drug-likeness (QED) is 0.389. The van der Waals surface area contributed by atoms with Gasteiger partial charge in [-0.05, 0) is 0 Å². The average molecular weight is 508 g/mol. The first kappa shape index (κ1) is 27.2. The number of allylic oxidation sites excluding steroid dienone is 4. The summed E-state index contributed by atoms with van der Waals surface area (Å²) in [5.74, 6) is 0.891. The predicted molar refractivity (Wildman–Crippen MR) is 124 cm³/mol. The molecule has 0 spiro atoms. The molecule has 27 heavy (non-hydrogen) atoms. The van der Waals surface area contributed by atoms with Gasteiger partial charge in [-0.15, -0.1) is 24.8 Å². The molecule has 0 amide bonds. The minimum absolute atomic E-state index is 0. The summed E-state index contributed by atoms with van der Waals surface area (Å²) in [5.41, 5.74) is 7.47. The standard InChI is InChI=1S/C11H16O.C9H13.C2H7Si.2ClH.Zr/c1-8-5-9(11(2,3)4)7-10(12)6-8;1-6-5-7(2)9(4)8(6)3;1-3-2;;;/h5-7,12H,1-4H3;6H,1-4H3;3H,1-2H3;2*1H;/q;;;;;+1/p-1. The Morgan fingerprint density at radius 2 is 1.48 bits per heavy atom. The van der Waals surface area contributed by atoms with Crippen molar-refractivity contribution in [3.05, 3.63) is 49.3 Å². The SMILES string of the molecule is CC1=C(C)C(C)[C]([Zr]([O]c2cc(C)cc(C(C)(C)C)c2)[SiH](C)C)=C1C.Cl.Cl. The normalized spacial score (nSPS) is 17.1. The molecular weight excluding hydrogens is 470 g/mol. The number of hydrogen-bond acceptors (Lipinski definition) is 1. The minimum Gasteiger partial charge on any atom is -0.147 e. The Kier molecular flexibility index (Phi) is 10.4. The molecule has 2 rings (SSSR count). The van der Waals surface area contributed by atoms with Gasteiger partial charge in [-0.3, -0.25) is 0 Å². The van der Waals surface area contributed by atoms with E-state index in [1.54, 1.807) is 14.4 Å². The van der Waals surface area contributed by atoms with Gasteiger partial charge in [0.05, 0.1) is 0 Å². The van der Waals surface area contributed by atoms with Crippen molar-refractivity contribution in [1.29, 1.82) is 0 Å². The van der Waals surface area contributed by atoms with Crippen molar-refractivity contribution < 1.29 is 24.2 Å². The molecule has 0 radical (unpaired) electrons. The van der Waals surface area contributed by atoms with Crippen LogP contribution >= 0.6 is 24.8 Å². The number of hydrogen-bond donors (Lipinski definition) is 0. The molecular formula is C22H37Cl2OSiZr. The van der Waals surface area contributed by atoms with E-state index in [4.69, 9.17) is 2.81 Å². The molecule has 1 atom stereocenters. The van der Waals surface area contributed by atoms with Crippen LogP contribution in [-0.2, 0) is 26.8 Å². The zero-order valence-corrected chi connectivity index (χ0v) is 23.9. The largest absolute Gasteiger partial charge is 0.147 e. The molecule has 1 aliphatic rings. The monoisotopic (exact) mass is 505 g/mol. The molecule has 5 heteroatoms. The van der Waals surface area contributed by atoms with Gasteiger partial charge in [-0.2, -0.15) is 0 Å². The second-order valence-electron chi connectivity index (χ2n) is 8.97. The molecule has 0 saturated carbocycles. The van der Waals surface area contributed by atoms with Crippen molar-refractivity contribution in [2.45, 2.75) is 73.9 Å². The summed E-state index contributed by atoms with van der Waals surface area (Å²) < 4.78 is 8.61. The molecule has 0 aliphatic heterocycles. The summed E-state index contributed by atoms with van der Waals surface area (Å²) in [6, 6.07) is 6.85. The van der Waals surface area contributed by atoms with E-state index in [0.29, 0.717) is 5.92 Å². The predicted octanol–water partition coefficient (Wildman–Crippen LogP) is 7.29. The van der Waals surface area contributed by atoms with E-state index in [9.17, 15) is 0 Å². The van der Waals surface area contributed by atoms with Crippen LogP contribution in [0.5, 0.6) is 5.75 Å². The van der Waals surface area contributed by atoms with E-state index < -0.39 is 27.3 Å². The van der Waals surface area contributed by atoms with Crippen molar-refractivity contribution in [1.82, 2.24) is 0 Å². The van der Waals surface area contributed by atoms with Crippen LogP contribution in [0.25, 0.3) is 0 Å². The van der Waals surface area contributed by atoms with Gasteiger partial charge in [0.25, 0.3) is 0 Å². The van der Waals surface area contributed by atoms with Gasteiger partial charge in [0.1, 0.15) is 0 Å². The molecule has 0 N–H and O–H groups in total. The third-order valence-electron chi connectivity index (χ3n) is 5.58. The van der Waals surface area contributed by atoms with Crippen molar-refractivity contribution in [2.75, 3.05) is 0 Å². The summed E-state index contributed by atoms with van der Waals surface area (Å²) in [5, 5.41) is 0. The summed E-state index contributed by atoms with van der Waals surface area (Å²) in [6.07, 6.45) is 0. The van der Waals surface area contributed by atoms with E-state index in [0.717, 1.165) is 5.75 Å². The molecule has 1 unspecified atom stereocenters. The fourth-order valence-corrected chi connectivity index (χ4v) is 18.5. The zero-order valence-electron chi connectivity index (χ0n) is 18.6. The second kappa shape index (κ2) is 10.3. The topological polar surface area (TPSA) is 9.23 Å². The second-order valence-corrected chi connectivity index (χ2v) is 26.5. The summed E-state index contributed by atoms with van der Waals surface area (Å²) in [6.45, 7) is 23.3. The van der Waals surface area contributed by atoms with Crippen molar-refractivity contribution in [2.24, 2.45) is 5.92 Å².